The van der Waals surface area contributed by atoms with Gasteiger partial charge in [-0.3, -0.25) is 14.4 Å². The van der Waals surface area contributed by atoms with E-state index in [1.54, 1.807) is 0 Å². The Hall–Kier alpha value is -3.58. The largest absolute Gasteiger partial charge is 0.354 e. The Labute approximate surface area is 224 Å². The van der Waals surface area contributed by atoms with Crippen molar-refractivity contribution < 1.29 is 14.4 Å². The van der Waals surface area contributed by atoms with E-state index in [9.17, 15) is 14.4 Å². The number of nitrogens with one attached hydrogen (secondary N) is 3. The quantitative estimate of drug-likeness (QED) is 0.220. The molecule has 3 rings (SSSR count). The molecule has 0 saturated heterocycles. The number of amides is 3. The maximum Gasteiger partial charge on any atom is 0.252 e. The van der Waals surface area contributed by atoms with E-state index in [-0.39, 0.29) is 0 Å². The number of thiol groups is 1. The van der Waals surface area contributed by atoms with Gasteiger partial charge in [0.1, 0.15) is 0 Å². The van der Waals surface area contributed by atoms with Gasteiger partial charge in [0.05, 0.1) is 5.25 Å². The first-order valence-electron chi connectivity index (χ1n) is 12.5. The lowest BCUT2D eigenvalue weighted by Crippen LogP contribution is -2.57. The summed E-state index contributed by atoms with van der Waals surface area (Å²) >= 11 is 4.43. The van der Waals surface area contributed by atoms with E-state index in [2.05, 4.69) is 28.6 Å². The summed E-state index contributed by atoms with van der Waals surface area (Å²) in [6.07, 6.45) is 1.61. The van der Waals surface area contributed by atoms with E-state index in [1.807, 2.05) is 92.7 Å². The third kappa shape index (κ3) is 9.42. The lowest BCUT2D eigenvalue weighted by atomic mass is 10.1. The van der Waals surface area contributed by atoms with Gasteiger partial charge in [0.15, 0.2) is 6.04 Å². The highest BCUT2D eigenvalue weighted by Crippen LogP contribution is 2.09. The molecule has 0 aliphatic heterocycles. The summed E-state index contributed by atoms with van der Waals surface area (Å²) in [7, 11) is 0. The molecule has 3 aromatic carbocycles. The lowest BCUT2D eigenvalue weighted by Gasteiger charge is -2.20. The molecule has 0 heterocycles. The van der Waals surface area contributed by atoms with E-state index in [1.165, 1.54) is 0 Å². The van der Waals surface area contributed by atoms with Gasteiger partial charge in [0.25, 0.3) is 11.8 Å². The number of benzene rings is 3. The molecule has 3 amide bonds. The second-order valence-corrected chi connectivity index (χ2v) is 9.82. The van der Waals surface area contributed by atoms with E-state index in [0.717, 1.165) is 27.8 Å². The molecule has 3 aromatic rings. The van der Waals surface area contributed by atoms with Crippen LogP contribution in [0.25, 0.3) is 0 Å². The van der Waals surface area contributed by atoms with Gasteiger partial charge in [-0.2, -0.15) is 12.6 Å². The van der Waals surface area contributed by atoms with Crippen molar-refractivity contribution in [1.82, 2.24) is 16.0 Å². The summed E-state index contributed by atoms with van der Waals surface area (Å²) in [5, 5.41) is 7.50. The molecule has 7 heteroatoms. The molecule has 1 atom stereocenters. The molecular weight excluding hydrogens is 482 g/mol. The molecule has 6 nitrogen and oxygen atoms in total. The van der Waals surface area contributed by atoms with E-state index in [0.29, 0.717) is 32.4 Å². The Kier molecular flexibility index (Phi) is 10.8. The molecule has 0 radical (unpaired) electrons. The molecule has 0 aromatic heterocycles. The SMILES string of the molecule is Cc1ccc(CCNC(=O)C(NC(=O)C(S)Cc2ccccc2)C(=O)NCCc2ccc(C)cc2)cc1. The normalized spacial score (nSPS) is 11.6. The Morgan fingerprint density at radius 3 is 1.57 bits per heavy atom. The Morgan fingerprint density at radius 2 is 1.11 bits per heavy atom. The molecule has 3 N–H and O–H groups in total. The van der Waals surface area contributed by atoms with E-state index in [4.69, 9.17) is 0 Å². The molecule has 194 valence electrons. The molecular formula is C30H35N3O3S. The van der Waals surface area contributed by atoms with Crippen LogP contribution < -0.4 is 16.0 Å². The summed E-state index contributed by atoms with van der Waals surface area (Å²) in [4.78, 5) is 38.9. The highest BCUT2D eigenvalue weighted by Gasteiger charge is 2.30. The summed E-state index contributed by atoms with van der Waals surface area (Å²) in [6, 6.07) is 24.2. The number of aryl methyl sites for hydroxylation is 2. The average Bonchev–Trinajstić information content (AvgIpc) is 2.89. The predicted molar refractivity (Wildman–Crippen MR) is 151 cm³/mol. The number of hydrogen-bond donors (Lipinski definition) is 4. The first kappa shape index (κ1) is 28.0. The van der Waals surface area contributed by atoms with Crippen molar-refractivity contribution in [3.05, 3.63) is 107 Å². The Bertz CT molecular complexity index is 1100. The van der Waals surface area contributed by atoms with Crippen LogP contribution in [0.5, 0.6) is 0 Å². The first-order valence-corrected chi connectivity index (χ1v) is 13.0. The second-order valence-electron chi connectivity index (χ2n) is 9.20. The van der Waals surface area contributed by atoms with Crippen molar-refractivity contribution in [2.24, 2.45) is 0 Å². The minimum absolute atomic E-state index is 0.346. The van der Waals surface area contributed by atoms with Crippen molar-refractivity contribution in [3.8, 4) is 0 Å². The van der Waals surface area contributed by atoms with Gasteiger partial charge in [-0.05, 0) is 49.8 Å². The van der Waals surface area contributed by atoms with Gasteiger partial charge in [0.2, 0.25) is 5.91 Å². The summed E-state index contributed by atoms with van der Waals surface area (Å²) in [5.74, 6) is -1.57. The molecule has 0 aliphatic rings. The van der Waals surface area contributed by atoms with Crippen LogP contribution in [0.1, 0.15) is 27.8 Å². The zero-order valence-electron chi connectivity index (χ0n) is 21.4. The zero-order chi connectivity index (χ0) is 26.6. The summed E-state index contributed by atoms with van der Waals surface area (Å²) in [5.41, 5.74) is 5.42. The van der Waals surface area contributed by atoms with Gasteiger partial charge < -0.3 is 16.0 Å². The molecule has 0 aliphatic carbocycles. The van der Waals surface area contributed by atoms with Crippen LogP contribution in [0.15, 0.2) is 78.9 Å². The number of hydrogen-bond acceptors (Lipinski definition) is 4. The monoisotopic (exact) mass is 517 g/mol. The first-order chi connectivity index (χ1) is 17.8. The molecule has 0 spiro atoms. The average molecular weight is 518 g/mol. The molecule has 37 heavy (non-hydrogen) atoms. The van der Waals surface area contributed by atoms with Gasteiger partial charge in [-0.1, -0.05) is 90.0 Å². The lowest BCUT2D eigenvalue weighted by molar-refractivity contribution is -0.136. The molecule has 1 unspecified atom stereocenters. The third-order valence-electron chi connectivity index (χ3n) is 6.05. The van der Waals surface area contributed by atoms with Crippen molar-refractivity contribution in [1.29, 1.82) is 0 Å². The Balaban J connectivity index is 1.60. The maximum atomic E-state index is 13.0. The van der Waals surface area contributed by atoms with Crippen molar-refractivity contribution in [2.75, 3.05) is 13.1 Å². The second kappa shape index (κ2) is 14.2. The minimum atomic E-state index is -1.35. The van der Waals surface area contributed by atoms with E-state index < -0.39 is 29.0 Å². The minimum Gasteiger partial charge on any atom is -0.354 e. The van der Waals surface area contributed by atoms with Crippen LogP contribution in [0, 0.1) is 13.8 Å². The molecule has 0 saturated carbocycles. The predicted octanol–water partition coefficient (Wildman–Crippen LogP) is 3.35. The smallest absolute Gasteiger partial charge is 0.252 e. The fraction of sp³-hybridized carbons (Fsp3) is 0.300. The van der Waals surface area contributed by atoms with Gasteiger partial charge in [0, 0.05) is 13.1 Å². The van der Waals surface area contributed by atoms with Crippen molar-refractivity contribution in [3.63, 3.8) is 0 Å². The highest BCUT2D eigenvalue weighted by molar-refractivity contribution is 7.81. The van der Waals surface area contributed by atoms with E-state index >= 15 is 0 Å². The number of carbonyl (C=O) groups is 3. The van der Waals surface area contributed by atoms with Crippen LogP contribution in [0.4, 0.5) is 0 Å². The topological polar surface area (TPSA) is 87.3 Å². The van der Waals surface area contributed by atoms with Gasteiger partial charge >= 0.3 is 0 Å². The third-order valence-corrected chi connectivity index (χ3v) is 6.47. The molecule has 0 bridgehead atoms. The number of carbonyl (C=O) groups excluding carboxylic acids is 3. The van der Waals surface area contributed by atoms with Crippen molar-refractivity contribution in [2.45, 2.75) is 44.4 Å². The summed E-state index contributed by atoms with van der Waals surface area (Å²) in [6.45, 7) is 4.73. The van der Waals surface area contributed by atoms with Crippen LogP contribution in [0.3, 0.4) is 0 Å². The maximum absolute atomic E-state index is 13.0. The van der Waals surface area contributed by atoms with Gasteiger partial charge in [-0.25, -0.2) is 0 Å². The molecule has 0 fully saturated rings. The zero-order valence-corrected chi connectivity index (χ0v) is 22.3. The van der Waals surface area contributed by atoms with Gasteiger partial charge in [-0.15, -0.1) is 0 Å². The highest BCUT2D eigenvalue weighted by atomic mass is 32.1. The summed E-state index contributed by atoms with van der Waals surface area (Å²) < 4.78 is 0. The van der Waals surface area contributed by atoms with Crippen LogP contribution in [0.2, 0.25) is 0 Å². The van der Waals surface area contributed by atoms with Crippen LogP contribution in [-0.4, -0.2) is 42.1 Å². The fourth-order valence-electron chi connectivity index (χ4n) is 3.79. The standard InChI is InChI=1S/C30H35N3O3S/c1-21-8-12-23(13-9-21)16-18-31-29(35)27(30(36)32-19-17-24-14-10-22(2)11-15-24)33-28(34)26(37)20-25-6-4-3-5-7-25/h3-15,26-27,37H,16-20H2,1-2H3,(H,31,35)(H,32,36)(H,33,34). The fourth-order valence-corrected chi connectivity index (χ4v) is 4.08. The van der Waals surface area contributed by atoms with Crippen LogP contribution in [-0.2, 0) is 33.6 Å². The van der Waals surface area contributed by atoms with Crippen LogP contribution >= 0.6 is 12.6 Å². The Morgan fingerprint density at radius 1 is 0.649 bits per heavy atom. The number of rotatable bonds is 12. The van der Waals surface area contributed by atoms with Crippen molar-refractivity contribution >= 4 is 30.4 Å².